The number of halogens is 4. The first-order valence-electron chi connectivity index (χ1n) is 5.04. The molecule has 4 nitrogen and oxygen atoms in total. The van der Waals surface area contributed by atoms with Gasteiger partial charge >= 0.3 is 6.18 Å². The smallest absolute Gasteiger partial charge is 0.382 e. The van der Waals surface area contributed by atoms with Crippen molar-refractivity contribution in [2.75, 3.05) is 6.54 Å². The van der Waals surface area contributed by atoms with Gasteiger partial charge < -0.3 is 5.11 Å². The monoisotopic (exact) mass is 361 g/mol. The van der Waals surface area contributed by atoms with Crippen LogP contribution in [-0.2, 0) is 10.0 Å². The first-order chi connectivity index (χ1) is 8.54. The first-order valence-corrected chi connectivity index (χ1v) is 7.32. The Kier molecular flexibility index (Phi) is 4.99. The number of hydrogen-bond donors (Lipinski definition) is 2. The van der Waals surface area contributed by atoms with Gasteiger partial charge in [0, 0.05) is 11.0 Å². The number of rotatable bonds is 4. The van der Waals surface area contributed by atoms with Crippen LogP contribution in [0.25, 0.3) is 0 Å². The third-order valence-electron chi connectivity index (χ3n) is 2.22. The number of alkyl halides is 3. The lowest BCUT2D eigenvalue weighted by atomic mass is 10.2. The van der Waals surface area contributed by atoms with Crippen molar-refractivity contribution >= 4 is 26.0 Å². The zero-order valence-electron chi connectivity index (χ0n) is 9.70. The zero-order valence-corrected chi connectivity index (χ0v) is 12.1. The summed E-state index contributed by atoms with van der Waals surface area (Å²) in [7, 11) is -4.12. The van der Waals surface area contributed by atoms with E-state index in [4.69, 9.17) is 5.11 Å². The molecule has 0 heterocycles. The van der Waals surface area contributed by atoms with Crippen molar-refractivity contribution < 1.29 is 26.7 Å². The van der Waals surface area contributed by atoms with Gasteiger partial charge in [0.25, 0.3) is 0 Å². The molecule has 0 saturated carbocycles. The Morgan fingerprint density at radius 2 is 2.00 bits per heavy atom. The number of aliphatic hydroxyl groups is 1. The lowest BCUT2D eigenvalue weighted by molar-refractivity contribution is -0.200. The van der Waals surface area contributed by atoms with Crippen LogP contribution in [0, 0.1) is 6.92 Å². The van der Waals surface area contributed by atoms with Crippen LogP contribution in [-0.4, -0.2) is 32.3 Å². The highest BCUT2D eigenvalue weighted by molar-refractivity contribution is 9.10. The second-order valence-corrected chi connectivity index (χ2v) is 6.43. The van der Waals surface area contributed by atoms with Crippen LogP contribution >= 0.6 is 15.9 Å². The Bertz CT molecular complexity index is 560. The van der Waals surface area contributed by atoms with Gasteiger partial charge in [0.1, 0.15) is 0 Å². The van der Waals surface area contributed by atoms with E-state index in [1.54, 1.807) is 11.6 Å². The fourth-order valence-electron chi connectivity index (χ4n) is 1.21. The molecule has 0 amide bonds. The molecule has 1 rings (SSSR count). The molecule has 0 aliphatic rings. The highest BCUT2D eigenvalue weighted by Gasteiger charge is 2.38. The molecule has 0 fully saturated rings. The number of nitrogens with one attached hydrogen (secondary N) is 1. The average molecular weight is 362 g/mol. The summed E-state index contributed by atoms with van der Waals surface area (Å²) >= 11 is 3.03. The highest BCUT2D eigenvalue weighted by Crippen LogP contribution is 2.24. The van der Waals surface area contributed by atoms with Gasteiger partial charge in [0.15, 0.2) is 6.10 Å². The minimum absolute atomic E-state index is 0.188. The number of benzene rings is 1. The number of aliphatic hydroxyl groups excluding tert-OH is 1. The van der Waals surface area contributed by atoms with E-state index >= 15 is 0 Å². The summed E-state index contributed by atoms with van der Waals surface area (Å²) in [5.41, 5.74) is 0.793. The molecular weight excluding hydrogens is 351 g/mol. The number of sulfonamides is 1. The second-order valence-electron chi connectivity index (χ2n) is 3.84. The molecule has 1 atom stereocenters. The van der Waals surface area contributed by atoms with Gasteiger partial charge in [-0.2, -0.15) is 13.2 Å². The molecule has 1 aromatic rings. The Hall–Kier alpha value is -0.640. The van der Waals surface area contributed by atoms with Gasteiger partial charge in [-0.1, -0.05) is 6.07 Å². The van der Waals surface area contributed by atoms with Crippen molar-refractivity contribution in [2.24, 2.45) is 0 Å². The van der Waals surface area contributed by atoms with Crippen LogP contribution < -0.4 is 4.72 Å². The summed E-state index contributed by atoms with van der Waals surface area (Å²) in [5, 5.41) is 8.75. The van der Waals surface area contributed by atoms with E-state index in [1.165, 1.54) is 18.2 Å². The molecule has 19 heavy (non-hydrogen) atoms. The maximum Gasteiger partial charge on any atom is 0.415 e. The SMILES string of the molecule is Cc1ccc(S(=O)(=O)NCC(O)C(F)(F)F)c(Br)c1. The molecule has 9 heteroatoms. The molecule has 1 unspecified atom stereocenters. The summed E-state index contributed by atoms with van der Waals surface area (Å²) in [6, 6.07) is 4.30. The van der Waals surface area contributed by atoms with Crippen LogP contribution in [0.3, 0.4) is 0 Å². The Balaban J connectivity index is 2.88. The first kappa shape index (κ1) is 16.4. The summed E-state index contributed by atoms with van der Waals surface area (Å²) < 4.78 is 61.7. The van der Waals surface area contributed by atoms with E-state index in [-0.39, 0.29) is 9.37 Å². The van der Waals surface area contributed by atoms with Crippen LogP contribution in [0.1, 0.15) is 5.56 Å². The molecule has 0 spiro atoms. The van der Waals surface area contributed by atoms with Crippen molar-refractivity contribution in [3.05, 3.63) is 28.2 Å². The van der Waals surface area contributed by atoms with E-state index in [0.29, 0.717) is 0 Å². The summed E-state index contributed by atoms with van der Waals surface area (Å²) in [5.74, 6) is 0. The van der Waals surface area contributed by atoms with Crippen molar-refractivity contribution in [1.82, 2.24) is 4.72 Å². The van der Waals surface area contributed by atoms with E-state index in [9.17, 15) is 21.6 Å². The van der Waals surface area contributed by atoms with Crippen molar-refractivity contribution in [2.45, 2.75) is 24.1 Å². The second kappa shape index (κ2) is 5.78. The zero-order chi connectivity index (χ0) is 14.8. The fourth-order valence-corrected chi connectivity index (χ4v) is 3.43. The summed E-state index contributed by atoms with van der Waals surface area (Å²) in [6.07, 6.45) is -7.61. The third kappa shape index (κ3) is 4.44. The fraction of sp³-hybridized carbons (Fsp3) is 0.400. The molecule has 0 aromatic heterocycles. The average Bonchev–Trinajstić information content (AvgIpc) is 2.24. The minimum atomic E-state index is -4.87. The molecule has 0 radical (unpaired) electrons. The highest BCUT2D eigenvalue weighted by atomic mass is 79.9. The summed E-state index contributed by atoms with van der Waals surface area (Å²) in [4.78, 5) is -0.188. The van der Waals surface area contributed by atoms with Crippen LogP contribution in [0.15, 0.2) is 27.6 Å². The Labute approximate surface area is 116 Å². The lowest BCUT2D eigenvalue weighted by Crippen LogP contribution is -2.40. The van der Waals surface area contributed by atoms with Crippen LogP contribution in [0.5, 0.6) is 0 Å². The number of hydrogen-bond acceptors (Lipinski definition) is 3. The number of aryl methyl sites for hydroxylation is 1. The predicted molar refractivity (Wildman–Crippen MR) is 66.1 cm³/mol. The van der Waals surface area contributed by atoms with Gasteiger partial charge in [-0.25, -0.2) is 13.1 Å². The maximum atomic E-state index is 12.1. The molecule has 0 bridgehead atoms. The van der Waals surface area contributed by atoms with Gasteiger partial charge in [0.2, 0.25) is 10.0 Å². The largest absolute Gasteiger partial charge is 0.415 e. The molecule has 1 aromatic carbocycles. The Morgan fingerprint density at radius 3 is 2.47 bits per heavy atom. The van der Waals surface area contributed by atoms with E-state index in [1.807, 2.05) is 0 Å². The molecule has 0 saturated heterocycles. The normalized spacial score (nSPS) is 14.4. The lowest BCUT2D eigenvalue weighted by Gasteiger charge is -2.15. The Morgan fingerprint density at radius 1 is 1.42 bits per heavy atom. The molecule has 0 aliphatic heterocycles. The quantitative estimate of drug-likeness (QED) is 0.861. The van der Waals surface area contributed by atoms with Crippen molar-refractivity contribution in [3.8, 4) is 0 Å². The van der Waals surface area contributed by atoms with Gasteiger partial charge in [0.05, 0.1) is 4.90 Å². The van der Waals surface area contributed by atoms with Gasteiger partial charge in [-0.05, 0) is 40.5 Å². The van der Waals surface area contributed by atoms with Crippen molar-refractivity contribution in [3.63, 3.8) is 0 Å². The standard InChI is InChI=1S/C10H11BrF3NO3S/c1-6-2-3-8(7(11)4-6)19(17,18)15-5-9(16)10(12,13)14/h2-4,9,15-16H,5H2,1H3. The van der Waals surface area contributed by atoms with E-state index in [0.717, 1.165) is 5.56 Å². The maximum absolute atomic E-state index is 12.1. The molecule has 2 N–H and O–H groups in total. The van der Waals surface area contributed by atoms with Crippen LogP contribution in [0.2, 0.25) is 0 Å². The van der Waals surface area contributed by atoms with Gasteiger partial charge in [-0.15, -0.1) is 0 Å². The van der Waals surface area contributed by atoms with Gasteiger partial charge in [-0.3, -0.25) is 0 Å². The minimum Gasteiger partial charge on any atom is -0.382 e. The topological polar surface area (TPSA) is 66.4 Å². The van der Waals surface area contributed by atoms with E-state index < -0.39 is 28.8 Å². The summed E-state index contributed by atoms with van der Waals surface area (Å²) in [6.45, 7) is 0.605. The predicted octanol–water partition coefficient (Wildman–Crippen LogP) is 1.96. The third-order valence-corrected chi connectivity index (χ3v) is 4.62. The van der Waals surface area contributed by atoms with Crippen molar-refractivity contribution in [1.29, 1.82) is 0 Å². The van der Waals surface area contributed by atoms with Crippen LogP contribution in [0.4, 0.5) is 13.2 Å². The van der Waals surface area contributed by atoms with E-state index in [2.05, 4.69) is 15.9 Å². The molecule has 108 valence electrons. The molecule has 0 aliphatic carbocycles. The molecular formula is C10H11BrF3NO3S.